The van der Waals surface area contributed by atoms with Crippen molar-refractivity contribution in [3.8, 4) is 0 Å². The summed E-state index contributed by atoms with van der Waals surface area (Å²) in [5, 5.41) is 3.45. The number of ketones is 1. The first kappa shape index (κ1) is 20.2. The van der Waals surface area contributed by atoms with Gasteiger partial charge in [-0.15, -0.1) is 0 Å². The second kappa shape index (κ2) is 15.6. The van der Waals surface area contributed by atoms with Crippen molar-refractivity contribution >= 4 is 5.78 Å². The first-order valence-corrected chi connectivity index (χ1v) is 9.08. The van der Waals surface area contributed by atoms with Crippen molar-refractivity contribution in [1.82, 2.24) is 5.32 Å². The Hall–Kier alpha value is -0.790. The van der Waals surface area contributed by atoms with Gasteiger partial charge in [-0.25, -0.2) is 0 Å². The summed E-state index contributed by atoms with van der Waals surface area (Å²) >= 11 is 0. The van der Waals surface area contributed by atoms with E-state index in [0.717, 1.165) is 25.8 Å². The second-order valence-electron chi connectivity index (χ2n) is 6.27. The predicted octanol–water partition coefficient (Wildman–Crippen LogP) is 5.77. The topological polar surface area (TPSA) is 29.1 Å². The van der Waals surface area contributed by atoms with Crippen LogP contribution in [-0.4, -0.2) is 12.3 Å². The lowest BCUT2D eigenvalue weighted by Gasteiger charge is -2.09. The van der Waals surface area contributed by atoms with Crippen LogP contribution in [0.15, 0.2) is 12.3 Å². The van der Waals surface area contributed by atoms with E-state index in [1.165, 1.54) is 69.9 Å². The van der Waals surface area contributed by atoms with Crippen molar-refractivity contribution in [3.05, 3.63) is 12.3 Å². The van der Waals surface area contributed by atoms with Crippen molar-refractivity contribution in [1.29, 1.82) is 0 Å². The molecule has 0 aliphatic rings. The van der Waals surface area contributed by atoms with Crippen molar-refractivity contribution in [3.63, 3.8) is 0 Å². The fourth-order valence-electron chi connectivity index (χ4n) is 2.50. The van der Waals surface area contributed by atoms with Gasteiger partial charge in [-0.2, -0.15) is 0 Å². The summed E-state index contributed by atoms with van der Waals surface area (Å²) < 4.78 is 0. The normalized spacial score (nSPS) is 10.6. The first-order chi connectivity index (χ1) is 10.2. The lowest BCUT2D eigenvalue weighted by molar-refractivity contribution is -0.117. The minimum absolute atomic E-state index is 0.322. The molecule has 21 heavy (non-hydrogen) atoms. The van der Waals surface area contributed by atoms with E-state index in [2.05, 4.69) is 18.8 Å². The number of nitrogens with one attached hydrogen (secondary N) is 1. The Bertz CT molecular complexity index is 260. The largest absolute Gasteiger partial charge is 0.389 e. The molecule has 0 aromatic rings. The van der Waals surface area contributed by atoms with Crippen molar-refractivity contribution in [2.75, 3.05) is 6.54 Å². The Balaban J connectivity index is 3.17. The van der Waals surface area contributed by atoms with Gasteiger partial charge in [0.1, 0.15) is 5.78 Å². The molecule has 0 amide bonds. The molecule has 0 heterocycles. The molecule has 0 saturated heterocycles. The smallest absolute Gasteiger partial charge is 0.129 e. The van der Waals surface area contributed by atoms with Gasteiger partial charge in [0.2, 0.25) is 0 Å². The number of allylic oxidation sites excluding steroid dienone is 1. The monoisotopic (exact) mass is 295 g/mol. The van der Waals surface area contributed by atoms with Crippen LogP contribution in [0.1, 0.15) is 97.3 Å². The first-order valence-electron chi connectivity index (χ1n) is 9.08. The maximum Gasteiger partial charge on any atom is 0.129 e. The number of carbonyl (C=O) groups is 1. The number of hydrogen-bond donors (Lipinski definition) is 1. The van der Waals surface area contributed by atoms with E-state index in [4.69, 9.17) is 0 Å². The highest BCUT2D eigenvalue weighted by atomic mass is 16.1. The molecule has 2 nitrogen and oxygen atoms in total. The van der Waals surface area contributed by atoms with Gasteiger partial charge in [0.15, 0.2) is 0 Å². The van der Waals surface area contributed by atoms with Crippen LogP contribution in [0, 0.1) is 0 Å². The van der Waals surface area contributed by atoms with Crippen LogP contribution in [0.25, 0.3) is 0 Å². The third-order valence-electron chi connectivity index (χ3n) is 3.91. The molecule has 0 saturated carbocycles. The van der Waals surface area contributed by atoms with Crippen LogP contribution >= 0.6 is 0 Å². The minimum Gasteiger partial charge on any atom is -0.389 e. The summed E-state index contributed by atoms with van der Waals surface area (Å²) in [4.78, 5) is 10.8. The zero-order valence-electron chi connectivity index (χ0n) is 14.5. The zero-order valence-corrected chi connectivity index (χ0v) is 14.5. The van der Waals surface area contributed by atoms with Crippen LogP contribution in [0.5, 0.6) is 0 Å². The lowest BCUT2D eigenvalue weighted by atomic mass is 10.1. The summed E-state index contributed by atoms with van der Waals surface area (Å²) in [5.41, 5.74) is 1.21. The van der Waals surface area contributed by atoms with E-state index < -0.39 is 0 Å². The van der Waals surface area contributed by atoms with Crippen molar-refractivity contribution in [2.45, 2.75) is 97.3 Å². The lowest BCUT2D eigenvalue weighted by Crippen LogP contribution is -2.13. The average molecular weight is 296 g/mol. The highest BCUT2D eigenvalue weighted by molar-refractivity contribution is 5.75. The van der Waals surface area contributed by atoms with Gasteiger partial charge in [0.25, 0.3) is 0 Å². The Labute approximate surface area is 132 Å². The molecule has 2 heteroatoms. The molecule has 0 spiro atoms. The third-order valence-corrected chi connectivity index (χ3v) is 3.91. The zero-order chi connectivity index (χ0) is 15.8. The summed E-state index contributed by atoms with van der Waals surface area (Å²) in [6.45, 7) is 9.10. The Morgan fingerprint density at radius 3 is 1.95 bits per heavy atom. The van der Waals surface area contributed by atoms with Gasteiger partial charge < -0.3 is 10.1 Å². The summed E-state index contributed by atoms with van der Waals surface area (Å²) in [7, 11) is 0. The molecular formula is C19H37NO. The van der Waals surface area contributed by atoms with Gasteiger partial charge in [0, 0.05) is 18.7 Å². The van der Waals surface area contributed by atoms with Crippen LogP contribution in [0.2, 0.25) is 0 Å². The molecule has 124 valence electrons. The van der Waals surface area contributed by atoms with Crippen LogP contribution in [0.3, 0.4) is 0 Å². The van der Waals surface area contributed by atoms with E-state index in [1.54, 1.807) is 6.92 Å². The Morgan fingerprint density at radius 1 is 0.810 bits per heavy atom. The van der Waals surface area contributed by atoms with Gasteiger partial charge >= 0.3 is 0 Å². The molecule has 1 N–H and O–H groups in total. The third kappa shape index (κ3) is 17.2. The van der Waals surface area contributed by atoms with Gasteiger partial charge in [0.05, 0.1) is 0 Å². The predicted molar refractivity (Wildman–Crippen MR) is 93.5 cm³/mol. The Morgan fingerprint density at radius 2 is 1.33 bits per heavy atom. The molecule has 0 unspecified atom stereocenters. The minimum atomic E-state index is 0.322. The molecule has 0 atom stereocenters. The van der Waals surface area contributed by atoms with E-state index in [9.17, 15) is 4.79 Å². The fraction of sp³-hybridized carbons (Fsp3) is 0.842. The van der Waals surface area contributed by atoms with E-state index in [0.29, 0.717) is 5.78 Å². The van der Waals surface area contributed by atoms with Crippen LogP contribution in [0.4, 0.5) is 0 Å². The summed E-state index contributed by atoms with van der Waals surface area (Å²) in [5.74, 6) is 0.322. The number of Topliss-reactive ketones (excluding diaryl/α,β-unsaturated/α-hetero) is 1. The summed E-state index contributed by atoms with van der Waals surface area (Å²) in [6.07, 6.45) is 16.0. The molecule has 0 fully saturated rings. The molecule has 0 rings (SSSR count). The maximum absolute atomic E-state index is 10.8. The Kier molecular flexibility index (Phi) is 15.0. The molecule has 0 aromatic carbocycles. The van der Waals surface area contributed by atoms with Gasteiger partial charge in [-0.1, -0.05) is 64.9 Å². The van der Waals surface area contributed by atoms with Crippen LogP contribution in [-0.2, 0) is 4.79 Å². The highest BCUT2D eigenvalue weighted by Gasteiger charge is 1.96. The molecule has 0 bridgehead atoms. The molecule has 0 aliphatic carbocycles. The van der Waals surface area contributed by atoms with Crippen molar-refractivity contribution < 1.29 is 4.79 Å². The summed E-state index contributed by atoms with van der Waals surface area (Å²) in [6, 6.07) is 0. The van der Waals surface area contributed by atoms with E-state index >= 15 is 0 Å². The second-order valence-corrected chi connectivity index (χ2v) is 6.27. The van der Waals surface area contributed by atoms with Gasteiger partial charge in [-0.3, -0.25) is 0 Å². The SMILES string of the molecule is C=C(CCCCCCCC)NCCCCCCCC(C)=O. The van der Waals surface area contributed by atoms with Crippen molar-refractivity contribution in [2.24, 2.45) is 0 Å². The molecule has 0 radical (unpaired) electrons. The van der Waals surface area contributed by atoms with Gasteiger partial charge in [-0.05, 0) is 32.6 Å². The van der Waals surface area contributed by atoms with E-state index in [-0.39, 0.29) is 0 Å². The van der Waals surface area contributed by atoms with E-state index in [1.807, 2.05) is 0 Å². The highest BCUT2D eigenvalue weighted by Crippen LogP contribution is 2.10. The quantitative estimate of drug-likeness (QED) is 0.366. The number of hydrogen-bond acceptors (Lipinski definition) is 2. The number of carbonyl (C=O) groups excluding carboxylic acids is 1. The fourth-order valence-corrected chi connectivity index (χ4v) is 2.50. The number of unbranched alkanes of at least 4 members (excludes halogenated alkanes) is 9. The molecular weight excluding hydrogens is 258 g/mol. The molecule has 0 aromatic heterocycles. The maximum atomic E-state index is 10.8. The average Bonchev–Trinajstić information content (AvgIpc) is 2.45. The standard InChI is InChI=1S/C19H37NO/c1-4-5-6-7-9-12-15-18(2)20-17-14-11-8-10-13-16-19(3)21/h20H,2,4-17H2,1,3H3. The molecule has 0 aliphatic heterocycles. The van der Waals surface area contributed by atoms with Crippen LogP contribution < -0.4 is 5.32 Å². The number of rotatable bonds is 16.